The van der Waals surface area contributed by atoms with Gasteiger partial charge in [-0.25, -0.2) is 9.78 Å². The summed E-state index contributed by atoms with van der Waals surface area (Å²) in [5.41, 5.74) is 6.30. The van der Waals surface area contributed by atoms with Gasteiger partial charge in [0.15, 0.2) is 0 Å². The average molecular weight is 752 g/mol. The van der Waals surface area contributed by atoms with Crippen LogP contribution in [0.5, 0.6) is 0 Å². The topological polar surface area (TPSA) is 218 Å². The number of H-pyrrole nitrogens is 1. The smallest absolute Gasteiger partial charge is 0.404 e. The highest BCUT2D eigenvalue weighted by atomic mass is 16.5. The first kappa shape index (κ1) is 43.7. The van der Waals surface area contributed by atoms with E-state index in [-0.39, 0.29) is 56.6 Å². The summed E-state index contributed by atoms with van der Waals surface area (Å²) in [4.78, 5) is 71.4. The number of aliphatic hydroxyl groups excluding tert-OH is 1. The Labute approximate surface area is 319 Å². The Morgan fingerprint density at radius 1 is 0.963 bits per heavy atom. The molecule has 0 aliphatic heterocycles. The molecular formula is C40H61N7O7. The van der Waals surface area contributed by atoms with Crippen LogP contribution in [0.4, 0.5) is 4.79 Å². The van der Waals surface area contributed by atoms with Gasteiger partial charge in [0.05, 0.1) is 30.8 Å². The number of nitrogens with one attached hydrogen (secondary N) is 5. The Morgan fingerprint density at radius 3 is 2.31 bits per heavy atom. The van der Waals surface area contributed by atoms with Crippen LogP contribution in [0.2, 0.25) is 0 Å². The van der Waals surface area contributed by atoms with Gasteiger partial charge in [-0.2, -0.15) is 0 Å². The van der Waals surface area contributed by atoms with E-state index in [9.17, 15) is 29.1 Å². The second kappa shape index (κ2) is 23.8. The second-order valence-electron chi connectivity index (χ2n) is 14.7. The van der Waals surface area contributed by atoms with Gasteiger partial charge in [-0.1, -0.05) is 82.4 Å². The van der Waals surface area contributed by atoms with E-state index in [1.54, 1.807) is 6.20 Å². The third-order valence-electron chi connectivity index (χ3n) is 10.0. The van der Waals surface area contributed by atoms with E-state index in [2.05, 4.69) is 56.4 Å². The van der Waals surface area contributed by atoms with Crippen molar-refractivity contribution in [1.29, 1.82) is 0 Å². The van der Waals surface area contributed by atoms with Crippen molar-refractivity contribution in [2.75, 3.05) is 13.2 Å². The van der Waals surface area contributed by atoms with Gasteiger partial charge in [-0.3, -0.25) is 19.2 Å². The van der Waals surface area contributed by atoms with Crippen molar-refractivity contribution >= 4 is 29.7 Å². The first-order valence-electron chi connectivity index (χ1n) is 19.4. The van der Waals surface area contributed by atoms with Gasteiger partial charge in [0.2, 0.25) is 23.6 Å². The first-order chi connectivity index (χ1) is 25.9. The number of unbranched alkanes of at least 4 members (excludes halogenated alkanes) is 1. The zero-order chi connectivity index (χ0) is 39.3. The summed E-state index contributed by atoms with van der Waals surface area (Å²) in [5.74, 6) is -1.01. The van der Waals surface area contributed by atoms with E-state index in [0.717, 1.165) is 31.2 Å². The number of allylic oxidation sites excluding steroid dienone is 1. The molecule has 5 amide bonds. The molecule has 0 radical (unpaired) electrons. The SMILES string of the molecule is C=C[C@@H](C[C@H](O)[C@H](CC1CCCCC1)NC(=O)[C@H](Cc1c[nH]cn1)NC(=O)[C@H](Cc1ccccc1)NC(=O)CCNC(=O)CCCCOC(N)=O)C(C)C. The summed E-state index contributed by atoms with van der Waals surface area (Å²) in [6, 6.07) is 6.61. The Bertz CT molecular complexity index is 1450. The predicted octanol–water partition coefficient (Wildman–Crippen LogP) is 3.60. The summed E-state index contributed by atoms with van der Waals surface area (Å²) in [6.45, 7) is 8.31. The molecule has 1 aromatic heterocycles. The molecule has 0 unspecified atom stereocenters. The average Bonchev–Trinajstić information content (AvgIpc) is 3.66. The lowest BCUT2D eigenvalue weighted by molar-refractivity contribution is -0.132. The number of hydrogen-bond donors (Lipinski definition) is 7. The molecule has 1 heterocycles. The number of aliphatic hydroxyl groups is 1. The number of aromatic nitrogens is 2. The van der Waals surface area contributed by atoms with Crippen LogP contribution in [0.15, 0.2) is 55.5 Å². The van der Waals surface area contributed by atoms with E-state index in [1.165, 1.54) is 12.7 Å². The van der Waals surface area contributed by atoms with Crippen molar-refractivity contribution < 1.29 is 33.8 Å². The molecule has 1 aromatic carbocycles. The van der Waals surface area contributed by atoms with Gasteiger partial charge in [-0.15, -0.1) is 6.58 Å². The molecule has 1 saturated carbocycles. The Kier molecular flexibility index (Phi) is 19.3. The number of rotatable bonds is 24. The number of primary amides is 1. The van der Waals surface area contributed by atoms with Crippen molar-refractivity contribution in [3.63, 3.8) is 0 Å². The van der Waals surface area contributed by atoms with Crippen LogP contribution in [0, 0.1) is 17.8 Å². The highest BCUT2D eigenvalue weighted by molar-refractivity contribution is 5.92. The molecule has 0 saturated heterocycles. The number of aromatic amines is 1. The number of nitrogens with two attached hydrogens (primary N) is 1. The maximum Gasteiger partial charge on any atom is 0.404 e. The van der Waals surface area contributed by atoms with Gasteiger partial charge in [0, 0.05) is 38.4 Å². The molecule has 3 rings (SSSR count). The molecule has 1 fully saturated rings. The number of carbonyl (C=O) groups excluding carboxylic acids is 5. The van der Waals surface area contributed by atoms with Crippen LogP contribution in [-0.4, -0.2) is 82.2 Å². The van der Waals surface area contributed by atoms with Crippen molar-refractivity contribution in [3.8, 4) is 0 Å². The lowest BCUT2D eigenvalue weighted by Crippen LogP contribution is -2.57. The molecule has 5 atom stereocenters. The molecule has 14 nitrogen and oxygen atoms in total. The lowest BCUT2D eigenvalue weighted by Gasteiger charge is -2.33. The molecule has 0 spiro atoms. The number of nitrogens with zero attached hydrogens (tertiary/aromatic N) is 1. The Balaban J connectivity index is 1.72. The van der Waals surface area contributed by atoms with Crippen LogP contribution in [-0.2, 0) is 36.8 Å². The molecule has 2 aromatic rings. The summed E-state index contributed by atoms with van der Waals surface area (Å²) in [5, 5.41) is 23.0. The fourth-order valence-electron chi connectivity index (χ4n) is 6.84. The maximum atomic E-state index is 14.2. The molecule has 1 aliphatic carbocycles. The van der Waals surface area contributed by atoms with Gasteiger partial charge in [0.25, 0.3) is 0 Å². The largest absolute Gasteiger partial charge is 0.450 e. The van der Waals surface area contributed by atoms with Gasteiger partial charge in [-0.05, 0) is 49.0 Å². The van der Waals surface area contributed by atoms with Gasteiger partial charge < -0.3 is 41.8 Å². The highest BCUT2D eigenvalue weighted by Gasteiger charge is 2.33. The molecule has 54 heavy (non-hydrogen) atoms. The van der Waals surface area contributed by atoms with Crippen LogP contribution in [0.25, 0.3) is 0 Å². The molecule has 14 heteroatoms. The van der Waals surface area contributed by atoms with Crippen molar-refractivity contribution in [2.24, 2.45) is 23.5 Å². The van der Waals surface area contributed by atoms with Crippen LogP contribution >= 0.6 is 0 Å². The third kappa shape index (κ3) is 16.5. The maximum absolute atomic E-state index is 14.2. The minimum atomic E-state index is -1.05. The number of amides is 5. The molecule has 8 N–H and O–H groups in total. The van der Waals surface area contributed by atoms with Crippen LogP contribution in [0.1, 0.15) is 95.7 Å². The summed E-state index contributed by atoms with van der Waals surface area (Å²) in [6.07, 6.45) is 11.2. The fraction of sp³-hybridized carbons (Fsp3) is 0.600. The van der Waals surface area contributed by atoms with Crippen LogP contribution < -0.4 is 27.0 Å². The molecule has 1 aliphatic rings. The minimum absolute atomic E-state index is 0.0561. The molecule has 298 valence electrons. The van der Waals surface area contributed by atoms with Gasteiger partial charge >= 0.3 is 6.09 Å². The van der Waals surface area contributed by atoms with E-state index in [0.29, 0.717) is 37.3 Å². The number of benzene rings is 1. The fourth-order valence-corrected chi connectivity index (χ4v) is 6.84. The second-order valence-corrected chi connectivity index (χ2v) is 14.7. The zero-order valence-electron chi connectivity index (χ0n) is 31.9. The standard InChI is InChI=1S/C40H61N7O7/c1-4-30(27(2)3)23-35(48)32(21-28-13-7-5-8-14-28)46-39(52)34(24-31-25-42-26-44-31)47-38(51)33(22-29-15-9-6-10-16-29)45-37(50)18-19-43-36(49)17-11-12-20-54-40(41)53/h4,6,9-10,15-16,25-28,30,32-35,48H,1,5,7-8,11-14,17-24H2,2-3H3,(H2,41,53)(H,42,44)(H,43,49)(H,45,50)(H,46,52)(H,47,51)/t30-,32-,33-,34-,35-/m0/s1. The van der Waals surface area contributed by atoms with E-state index < -0.39 is 48.0 Å². The Morgan fingerprint density at radius 2 is 1.67 bits per heavy atom. The van der Waals surface area contributed by atoms with Crippen molar-refractivity contribution in [1.82, 2.24) is 31.2 Å². The number of imidazole rings is 1. The minimum Gasteiger partial charge on any atom is -0.450 e. The highest BCUT2D eigenvalue weighted by Crippen LogP contribution is 2.30. The van der Waals surface area contributed by atoms with E-state index >= 15 is 0 Å². The Hall–Kier alpha value is -4.72. The monoisotopic (exact) mass is 751 g/mol. The number of ether oxygens (including phenoxy) is 1. The quantitative estimate of drug-likeness (QED) is 0.0620. The number of carbonyl (C=O) groups is 5. The van der Waals surface area contributed by atoms with Crippen LogP contribution in [0.3, 0.4) is 0 Å². The lowest BCUT2D eigenvalue weighted by atomic mass is 9.81. The van der Waals surface area contributed by atoms with Crippen molar-refractivity contribution in [3.05, 3.63) is 66.8 Å². The third-order valence-corrected chi connectivity index (χ3v) is 10.0. The summed E-state index contributed by atoms with van der Waals surface area (Å²) < 4.78 is 4.66. The molecule has 0 bridgehead atoms. The van der Waals surface area contributed by atoms with E-state index in [4.69, 9.17) is 5.73 Å². The summed E-state index contributed by atoms with van der Waals surface area (Å²) in [7, 11) is 0. The zero-order valence-corrected chi connectivity index (χ0v) is 31.9. The van der Waals surface area contributed by atoms with Gasteiger partial charge in [0.1, 0.15) is 12.1 Å². The molecular weight excluding hydrogens is 690 g/mol. The van der Waals surface area contributed by atoms with Crippen molar-refractivity contribution in [2.45, 2.75) is 122 Å². The van der Waals surface area contributed by atoms with E-state index in [1.807, 2.05) is 36.4 Å². The summed E-state index contributed by atoms with van der Waals surface area (Å²) >= 11 is 0. The number of hydrogen-bond acceptors (Lipinski definition) is 8. The first-order valence-corrected chi connectivity index (χ1v) is 19.4. The normalized spacial score (nSPS) is 15.9. The predicted molar refractivity (Wildman–Crippen MR) is 206 cm³/mol.